The molecule has 1 N–H and O–H groups in total. The number of hydrogen-bond donors (Lipinski definition) is 1. The topological polar surface area (TPSA) is 36.6 Å². The molecule has 2 aromatic rings. The van der Waals surface area contributed by atoms with Crippen LogP contribution in [0.25, 0.3) is 11.3 Å². The summed E-state index contributed by atoms with van der Waals surface area (Å²) in [7, 11) is 0. The molecular formula is C16H18ClNO2. The maximum absolute atomic E-state index is 9.51. The Labute approximate surface area is 123 Å². The van der Waals surface area contributed by atoms with Gasteiger partial charge >= 0.3 is 0 Å². The fraction of sp³-hybridized carbons (Fsp3) is 0.375. The van der Waals surface area contributed by atoms with Crippen molar-refractivity contribution in [2.24, 2.45) is 0 Å². The van der Waals surface area contributed by atoms with Crippen LogP contribution < -0.4 is 0 Å². The minimum atomic E-state index is -0.132. The van der Waals surface area contributed by atoms with Crippen LogP contribution in [-0.2, 0) is 6.54 Å². The maximum Gasteiger partial charge on any atom is 0.134 e. The van der Waals surface area contributed by atoms with Gasteiger partial charge < -0.3 is 9.52 Å². The summed E-state index contributed by atoms with van der Waals surface area (Å²) in [6.07, 6.45) is 1.57. The second-order valence-corrected chi connectivity index (χ2v) is 5.72. The van der Waals surface area contributed by atoms with Crippen molar-refractivity contribution in [3.8, 4) is 11.3 Å². The van der Waals surface area contributed by atoms with Gasteiger partial charge in [0.25, 0.3) is 0 Å². The van der Waals surface area contributed by atoms with Gasteiger partial charge in [-0.1, -0.05) is 11.6 Å². The van der Waals surface area contributed by atoms with Gasteiger partial charge in [0.2, 0.25) is 0 Å². The molecule has 3 nitrogen and oxygen atoms in total. The van der Waals surface area contributed by atoms with Crippen LogP contribution in [0.4, 0.5) is 0 Å². The monoisotopic (exact) mass is 291 g/mol. The molecule has 3 rings (SSSR count). The van der Waals surface area contributed by atoms with E-state index in [-0.39, 0.29) is 6.10 Å². The fourth-order valence-corrected chi connectivity index (χ4v) is 2.66. The van der Waals surface area contributed by atoms with Crippen LogP contribution in [0.3, 0.4) is 0 Å². The number of benzene rings is 1. The molecule has 2 heterocycles. The first kappa shape index (κ1) is 13.7. The highest BCUT2D eigenvalue weighted by atomic mass is 35.5. The van der Waals surface area contributed by atoms with Crippen LogP contribution in [0.5, 0.6) is 0 Å². The molecule has 0 bridgehead atoms. The number of hydrogen-bond acceptors (Lipinski definition) is 3. The van der Waals surface area contributed by atoms with E-state index in [1.807, 2.05) is 36.4 Å². The summed E-state index contributed by atoms with van der Waals surface area (Å²) in [5, 5.41) is 10.2. The molecule has 1 aliphatic heterocycles. The van der Waals surface area contributed by atoms with Gasteiger partial charge in [0.05, 0.1) is 12.6 Å². The van der Waals surface area contributed by atoms with Gasteiger partial charge in [-0.3, -0.25) is 4.90 Å². The Balaban J connectivity index is 1.66. The van der Waals surface area contributed by atoms with Crippen molar-refractivity contribution in [3.63, 3.8) is 0 Å². The van der Waals surface area contributed by atoms with Crippen molar-refractivity contribution in [1.29, 1.82) is 0 Å². The highest BCUT2D eigenvalue weighted by Crippen LogP contribution is 2.25. The SMILES string of the molecule is OC1CCN(Cc2ccc(-c3ccc(Cl)cc3)o2)CC1. The zero-order chi connectivity index (χ0) is 13.9. The smallest absolute Gasteiger partial charge is 0.134 e. The van der Waals surface area contributed by atoms with E-state index in [1.165, 1.54) is 0 Å². The minimum absolute atomic E-state index is 0.132. The van der Waals surface area contributed by atoms with Gasteiger partial charge in [0.1, 0.15) is 11.5 Å². The molecule has 1 fully saturated rings. The highest BCUT2D eigenvalue weighted by Gasteiger charge is 2.18. The number of piperidine rings is 1. The normalized spacial score (nSPS) is 17.5. The second kappa shape index (κ2) is 6.00. The van der Waals surface area contributed by atoms with Crippen LogP contribution in [0, 0.1) is 0 Å². The Hall–Kier alpha value is -1.29. The van der Waals surface area contributed by atoms with Crippen LogP contribution in [0.2, 0.25) is 5.02 Å². The first-order chi connectivity index (χ1) is 9.70. The van der Waals surface area contributed by atoms with Gasteiger partial charge in [-0.15, -0.1) is 0 Å². The molecule has 1 aromatic carbocycles. The van der Waals surface area contributed by atoms with Gasteiger partial charge in [-0.2, -0.15) is 0 Å². The van der Waals surface area contributed by atoms with E-state index >= 15 is 0 Å². The lowest BCUT2D eigenvalue weighted by Crippen LogP contribution is -2.35. The van der Waals surface area contributed by atoms with Gasteiger partial charge in [0.15, 0.2) is 0 Å². The van der Waals surface area contributed by atoms with Crippen molar-refractivity contribution in [1.82, 2.24) is 4.90 Å². The van der Waals surface area contributed by atoms with E-state index in [0.29, 0.717) is 0 Å². The lowest BCUT2D eigenvalue weighted by molar-refractivity contribution is 0.0761. The molecule has 0 spiro atoms. The molecule has 0 amide bonds. The molecule has 1 saturated heterocycles. The standard InChI is InChI=1S/C16H18ClNO2/c17-13-3-1-12(2-4-13)16-6-5-15(20-16)11-18-9-7-14(19)8-10-18/h1-6,14,19H,7-11H2. The number of aliphatic hydroxyl groups is 1. The van der Waals surface area contributed by atoms with Crippen LogP contribution in [0.15, 0.2) is 40.8 Å². The van der Waals surface area contributed by atoms with Crippen LogP contribution >= 0.6 is 11.6 Å². The van der Waals surface area contributed by atoms with Crippen molar-refractivity contribution in [2.75, 3.05) is 13.1 Å². The predicted molar refractivity (Wildman–Crippen MR) is 79.7 cm³/mol. The summed E-state index contributed by atoms with van der Waals surface area (Å²) in [6, 6.07) is 11.7. The Bertz CT molecular complexity index is 556. The van der Waals surface area contributed by atoms with Crippen molar-refractivity contribution in [3.05, 3.63) is 47.2 Å². The second-order valence-electron chi connectivity index (χ2n) is 5.28. The average Bonchev–Trinajstić information content (AvgIpc) is 2.91. The Morgan fingerprint density at radius 3 is 2.50 bits per heavy atom. The fourth-order valence-electron chi connectivity index (χ4n) is 2.53. The summed E-state index contributed by atoms with van der Waals surface area (Å²) in [6.45, 7) is 2.66. The molecule has 0 saturated carbocycles. The molecule has 0 radical (unpaired) electrons. The summed E-state index contributed by atoms with van der Waals surface area (Å²) in [5.41, 5.74) is 1.04. The molecule has 0 aliphatic carbocycles. The maximum atomic E-state index is 9.51. The van der Waals surface area contributed by atoms with Gasteiger partial charge in [0, 0.05) is 23.7 Å². The number of likely N-dealkylation sites (tertiary alicyclic amines) is 1. The molecular weight excluding hydrogens is 274 g/mol. The molecule has 20 heavy (non-hydrogen) atoms. The third kappa shape index (κ3) is 3.23. The molecule has 106 valence electrons. The van der Waals surface area contributed by atoms with E-state index < -0.39 is 0 Å². The molecule has 0 unspecified atom stereocenters. The zero-order valence-electron chi connectivity index (χ0n) is 11.3. The molecule has 1 aliphatic rings. The zero-order valence-corrected chi connectivity index (χ0v) is 12.0. The number of furan rings is 1. The third-order valence-corrected chi connectivity index (χ3v) is 3.98. The van der Waals surface area contributed by atoms with E-state index in [9.17, 15) is 5.11 Å². The Kier molecular flexibility index (Phi) is 4.10. The molecule has 1 aromatic heterocycles. The number of nitrogens with zero attached hydrogens (tertiary/aromatic N) is 1. The summed E-state index contributed by atoms with van der Waals surface area (Å²) < 4.78 is 5.89. The lowest BCUT2D eigenvalue weighted by Gasteiger charge is -2.28. The van der Waals surface area contributed by atoms with E-state index in [0.717, 1.165) is 54.6 Å². The number of halogens is 1. The Morgan fingerprint density at radius 1 is 1.10 bits per heavy atom. The van der Waals surface area contributed by atoms with Gasteiger partial charge in [-0.25, -0.2) is 0 Å². The summed E-state index contributed by atoms with van der Waals surface area (Å²) in [4.78, 5) is 2.32. The quantitative estimate of drug-likeness (QED) is 0.939. The minimum Gasteiger partial charge on any atom is -0.460 e. The van der Waals surface area contributed by atoms with Crippen molar-refractivity contribution < 1.29 is 9.52 Å². The van der Waals surface area contributed by atoms with Crippen LogP contribution in [0.1, 0.15) is 18.6 Å². The first-order valence-corrected chi connectivity index (χ1v) is 7.33. The molecule has 0 atom stereocenters. The largest absolute Gasteiger partial charge is 0.460 e. The van der Waals surface area contributed by atoms with Crippen molar-refractivity contribution >= 4 is 11.6 Å². The first-order valence-electron chi connectivity index (χ1n) is 6.96. The third-order valence-electron chi connectivity index (χ3n) is 3.73. The van der Waals surface area contributed by atoms with Crippen molar-refractivity contribution in [2.45, 2.75) is 25.5 Å². The van der Waals surface area contributed by atoms with E-state index in [1.54, 1.807) is 0 Å². The van der Waals surface area contributed by atoms with Crippen LogP contribution in [-0.4, -0.2) is 29.2 Å². The lowest BCUT2D eigenvalue weighted by atomic mass is 10.1. The van der Waals surface area contributed by atoms with E-state index in [4.69, 9.17) is 16.0 Å². The Morgan fingerprint density at radius 2 is 1.80 bits per heavy atom. The molecule has 4 heteroatoms. The average molecular weight is 292 g/mol. The highest BCUT2D eigenvalue weighted by molar-refractivity contribution is 6.30. The predicted octanol–water partition coefficient (Wildman–Crippen LogP) is 3.56. The summed E-state index contributed by atoms with van der Waals surface area (Å²) in [5.74, 6) is 1.83. The summed E-state index contributed by atoms with van der Waals surface area (Å²) >= 11 is 5.89. The number of rotatable bonds is 3. The number of aliphatic hydroxyl groups excluding tert-OH is 1. The van der Waals surface area contributed by atoms with Gasteiger partial charge in [-0.05, 0) is 49.2 Å². The van der Waals surface area contributed by atoms with E-state index in [2.05, 4.69) is 4.90 Å².